The minimum Gasteiger partial charge on any atom is -0.493 e. The lowest BCUT2D eigenvalue weighted by Gasteiger charge is -2.33. The molecule has 2 aliphatic rings. The van der Waals surface area contributed by atoms with Gasteiger partial charge in [-0.2, -0.15) is 4.99 Å². The van der Waals surface area contributed by atoms with Crippen LogP contribution in [0.15, 0.2) is 58.5 Å². The van der Waals surface area contributed by atoms with Crippen molar-refractivity contribution < 1.29 is 14.3 Å². The van der Waals surface area contributed by atoms with Gasteiger partial charge in [0.2, 0.25) is 0 Å². The molecule has 2 aromatic rings. The first-order chi connectivity index (χ1) is 15.0. The van der Waals surface area contributed by atoms with Gasteiger partial charge in [0.05, 0.1) is 19.9 Å². The maximum absolute atomic E-state index is 12.8. The fourth-order valence-corrected chi connectivity index (χ4v) is 4.56. The van der Waals surface area contributed by atoms with Crippen LogP contribution in [-0.2, 0) is 4.79 Å². The largest absolute Gasteiger partial charge is 0.493 e. The summed E-state index contributed by atoms with van der Waals surface area (Å²) < 4.78 is 10.9. The quantitative estimate of drug-likeness (QED) is 0.654. The second-order valence-electron chi connectivity index (χ2n) is 7.58. The lowest BCUT2D eigenvalue weighted by molar-refractivity contribution is -0.120. The molecule has 0 saturated heterocycles. The Bertz CT molecular complexity index is 1080. The summed E-state index contributed by atoms with van der Waals surface area (Å²) in [6.07, 6.45) is 4.19. The number of ether oxygens (including phenoxy) is 2. The van der Waals surface area contributed by atoms with E-state index in [0.29, 0.717) is 17.3 Å². The second kappa shape index (κ2) is 8.98. The third kappa shape index (κ3) is 4.10. The van der Waals surface area contributed by atoms with Gasteiger partial charge < -0.3 is 9.47 Å². The fourth-order valence-electron chi connectivity index (χ4n) is 3.72. The van der Waals surface area contributed by atoms with Crippen LogP contribution in [0.25, 0.3) is 6.08 Å². The minimum atomic E-state index is -0.361. The van der Waals surface area contributed by atoms with E-state index in [0.717, 1.165) is 27.7 Å². The number of hydrogen-bond acceptors (Lipinski definition) is 6. The first kappa shape index (κ1) is 21.2. The zero-order valence-electron chi connectivity index (χ0n) is 18.0. The monoisotopic (exact) mass is 435 g/mol. The summed E-state index contributed by atoms with van der Waals surface area (Å²) in [6.45, 7) is 4.06. The number of carbonyl (C=O) groups is 1. The molecule has 0 unspecified atom stereocenters. The molecule has 2 heterocycles. The summed E-state index contributed by atoms with van der Waals surface area (Å²) >= 11 is 1.59. The zero-order chi connectivity index (χ0) is 22.0. The number of aliphatic imine (C=N–C) groups is 2. The summed E-state index contributed by atoms with van der Waals surface area (Å²) in [7, 11) is 3.19. The number of benzene rings is 2. The molecular weight excluding hydrogens is 410 g/mol. The van der Waals surface area contributed by atoms with E-state index in [9.17, 15) is 4.79 Å². The first-order valence-corrected chi connectivity index (χ1v) is 11.1. The van der Waals surface area contributed by atoms with Crippen molar-refractivity contribution in [2.45, 2.75) is 19.9 Å². The minimum absolute atomic E-state index is 0.0982. The van der Waals surface area contributed by atoms with Crippen molar-refractivity contribution >= 4 is 40.4 Å². The SMILES string of the molecule is COc1cc2c(cc1OC)C1=NC(=O)[C@H](C(C)C)N1C(SC/C=C/c1ccccc1)=N2. The number of thioether (sulfide) groups is 1. The van der Waals surface area contributed by atoms with Crippen molar-refractivity contribution in [1.82, 2.24) is 4.90 Å². The van der Waals surface area contributed by atoms with Gasteiger partial charge in [0.1, 0.15) is 11.9 Å². The maximum atomic E-state index is 12.8. The molecule has 7 heteroatoms. The van der Waals surface area contributed by atoms with Gasteiger partial charge in [0.15, 0.2) is 16.7 Å². The molecule has 4 rings (SSSR count). The standard InChI is InChI=1S/C24H25N3O3S/c1-15(2)21-23(28)26-22-17-13-19(29-3)20(30-4)14-18(17)25-24(27(21)22)31-12-8-11-16-9-6-5-7-10-16/h5-11,13-15,21H,12H2,1-4H3/b11-8+/t21-/m0/s1. The highest BCUT2D eigenvalue weighted by atomic mass is 32.2. The van der Waals surface area contributed by atoms with Crippen LogP contribution in [0.1, 0.15) is 25.0 Å². The molecule has 2 aliphatic heterocycles. The van der Waals surface area contributed by atoms with Gasteiger partial charge in [-0.05, 0) is 17.5 Å². The normalized spacial score (nSPS) is 17.5. The molecular formula is C24H25N3O3S. The Morgan fingerprint density at radius 3 is 2.48 bits per heavy atom. The molecule has 1 atom stereocenters. The summed E-state index contributed by atoms with van der Waals surface area (Å²) in [4.78, 5) is 24.0. The molecule has 160 valence electrons. The molecule has 0 fully saturated rings. The Labute approximate surface area is 186 Å². The maximum Gasteiger partial charge on any atom is 0.271 e. The van der Waals surface area contributed by atoms with E-state index in [1.54, 1.807) is 26.0 Å². The van der Waals surface area contributed by atoms with E-state index in [4.69, 9.17) is 14.5 Å². The topological polar surface area (TPSA) is 63.5 Å². The summed E-state index contributed by atoms with van der Waals surface area (Å²) in [5, 5.41) is 0.765. The smallest absolute Gasteiger partial charge is 0.271 e. The molecule has 0 aliphatic carbocycles. The van der Waals surface area contributed by atoms with Gasteiger partial charge in [-0.1, -0.05) is 68.1 Å². The number of fused-ring (bicyclic) bond motifs is 3. The third-order valence-electron chi connectivity index (χ3n) is 5.19. The molecule has 0 N–H and O–H groups in total. The van der Waals surface area contributed by atoms with Crippen LogP contribution in [-0.4, -0.2) is 47.8 Å². The molecule has 31 heavy (non-hydrogen) atoms. The van der Waals surface area contributed by atoms with Crippen LogP contribution in [0.2, 0.25) is 0 Å². The van der Waals surface area contributed by atoms with Crippen LogP contribution in [0, 0.1) is 5.92 Å². The Hall–Kier alpha value is -3.06. The molecule has 0 radical (unpaired) electrons. The van der Waals surface area contributed by atoms with Crippen molar-refractivity contribution in [3.8, 4) is 11.5 Å². The van der Waals surface area contributed by atoms with Crippen molar-refractivity contribution in [2.24, 2.45) is 15.9 Å². The van der Waals surface area contributed by atoms with Crippen LogP contribution in [0.4, 0.5) is 5.69 Å². The first-order valence-electron chi connectivity index (χ1n) is 10.1. The van der Waals surface area contributed by atoms with Crippen molar-refractivity contribution in [1.29, 1.82) is 0 Å². The van der Waals surface area contributed by atoms with Crippen molar-refractivity contribution in [3.05, 3.63) is 59.7 Å². The van der Waals surface area contributed by atoms with Gasteiger partial charge in [-0.25, -0.2) is 4.99 Å². The van der Waals surface area contributed by atoms with E-state index < -0.39 is 0 Å². The van der Waals surface area contributed by atoms with Crippen LogP contribution in [0.5, 0.6) is 11.5 Å². The van der Waals surface area contributed by atoms with Gasteiger partial charge in [0, 0.05) is 17.4 Å². The molecule has 0 spiro atoms. The van der Waals surface area contributed by atoms with Crippen LogP contribution >= 0.6 is 11.8 Å². The number of amides is 1. The summed E-state index contributed by atoms with van der Waals surface area (Å²) in [5.41, 5.74) is 2.65. The molecule has 0 bridgehead atoms. The average Bonchev–Trinajstić information content (AvgIpc) is 3.14. The van der Waals surface area contributed by atoms with Crippen LogP contribution < -0.4 is 9.47 Å². The van der Waals surface area contributed by atoms with E-state index in [-0.39, 0.29) is 17.9 Å². The lowest BCUT2D eigenvalue weighted by atomic mass is 10.0. The van der Waals surface area contributed by atoms with Crippen molar-refractivity contribution in [3.63, 3.8) is 0 Å². The van der Waals surface area contributed by atoms with Gasteiger partial charge in [-0.15, -0.1) is 0 Å². The lowest BCUT2D eigenvalue weighted by Crippen LogP contribution is -2.46. The molecule has 0 aromatic heterocycles. The van der Waals surface area contributed by atoms with E-state index in [1.165, 1.54) is 0 Å². The Morgan fingerprint density at radius 1 is 1.10 bits per heavy atom. The Balaban J connectivity index is 1.69. The predicted molar refractivity (Wildman–Crippen MR) is 127 cm³/mol. The van der Waals surface area contributed by atoms with E-state index >= 15 is 0 Å². The molecule has 0 saturated carbocycles. The second-order valence-corrected chi connectivity index (χ2v) is 8.56. The summed E-state index contributed by atoms with van der Waals surface area (Å²) in [5.74, 6) is 2.49. The van der Waals surface area contributed by atoms with Gasteiger partial charge >= 0.3 is 0 Å². The Kier molecular flexibility index (Phi) is 6.13. The number of hydrogen-bond donors (Lipinski definition) is 0. The number of amidine groups is 2. The van der Waals surface area contributed by atoms with E-state index in [2.05, 4.69) is 29.3 Å². The highest BCUT2D eigenvalue weighted by molar-refractivity contribution is 8.14. The molecule has 2 aromatic carbocycles. The molecule has 1 amide bonds. The number of nitrogens with zero attached hydrogens (tertiary/aromatic N) is 3. The third-order valence-corrected chi connectivity index (χ3v) is 6.10. The predicted octanol–water partition coefficient (Wildman–Crippen LogP) is 4.76. The van der Waals surface area contributed by atoms with E-state index in [1.807, 2.05) is 49.1 Å². The van der Waals surface area contributed by atoms with Gasteiger partial charge in [0.25, 0.3) is 5.91 Å². The number of carbonyl (C=O) groups excluding carboxylic acids is 1. The number of methoxy groups -OCH3 is 2. The highest BCUT2D eigenvalue weighted by Crippen LogP contribution is 2.41. The number of rotatable bonds is 6. The fraction of sp³-hybridized carbons (Fsp3) is 0.292. The molecule has 6 nitrogen and oxygen atoms in total. The summed E-state index contributed by atoms with van der Waals surface area (Å²) in [6, 6.07) is 13.5. The Morgan fingerprint density at radius 2 is 1.81 bits per heavy atom. The highest BCUT2D eigenvalue weighted by Gasteiger charge is 2.43. The van der Waals surface area contributed by atoms with Crippen molar-refractivity contribution in [2.75, 3.05) is 20.0 Å². The van der Waals surface area contributed by atoms with Gasteiger partial charge in [-0.3, -0.25) is 9.69 Å². The average molecular weight is 436 g/mol. The van der Waals surface area contributed by atoms with Crippen LogP contribution in [0.3, 0.4) is 0 Å². The zero-order valence-corrected chi connectivity index (χ0v) is 18.8.